The Morgan fingerprint density at radius 3 is 2.29 bits per heavy atom. The molecule has 1 heterocycles. The van der Waals surface area contributed by atoms with Crippen LogP contribution >= 0.6 is 0 Å². The fourth-order valence-corrected chi connectivity index (χ4v) is 1.26. The van der Waals surface area contributed by atoms with Crippen molar-refractivity contribution >= 4 is 0 Å². The first-order valence-electron chi connectivity index (χ1n) is 6.09. The van der Waals surface area contributed by atoms with E-state index in [0.29, 0.717) is 12.3 Å². The van der Waals surface area contributed by atoms with Gasteiger partial charge in [-0.15, -0.1) is 5.10 Å². The maximum absolute atomic E-state index is 11.6. The van der Waals surface area contributed by atoms with Gasteiger partial charge in [-0.05, 0) is 27.2 Å². The van der Waals surface area contributed by atoms with Crippen molar-refractivity contribution < 1.29 is 4.74 Å². The number of rotatable bonds is 2. The lowest BCUT2D eigenvalue weighted by Gasteiger charge is -2.20. The van der Waals surface area contributed by atoms with Gasteiger partial charge in [-0.3, -0.25) is 4.79 Å². The van der Waals surface area contributed by atoms with Crippen molar-refractivity contribution in [1.82, 2.24) is 9.78 Å². The third kappa shape index (κ3) is 5.02. The Labute approximate surface area is 104 Å². The SMILES string of the molecule is CC.CCc1cc(OC(C)(C)C)nn(C)c1=O. The molecule has 0 bridgehead atoms. The Morgan fingerprint density at radius 1 is 1.35 bits per heavy atom. The van der Waals surface area contributed by atoms with Gasteiger partial charge in [0.2, 0.25) is 5.88 Å². The summed E-state index contributed by atoms with van der Waals surface area (Å²) in [5.74, 6) is 0.501. The van der Waals surface area contributed by atoms with Gasteiger partial charge in [0.05, 0.1) is 0 Å². The lowest BCUT2D eigenvalue weighted by atomic mass is 10.2. The molecular formula is C13H24N2O2. The van der Waals surface area contributed by atoms with E-state index >= 15 is 0 Å². The van der Waals surface area contributed by atoms with E-state index in [0.717, 1.165) is 5.56 Å². The highest BCUT2D eigenvalue weighted by molar-refractivity contribution is 5.18. The second-order valence-corrected chi connectivity index (χ2v) is 4.50. The first-order chi connectivity index (χ1) is 7.83. The first kappa shape index (κ1) is 15.7. The van der Waals surface area contributed by atoms with Gasteiger partial charge < -0.3 is 4.74 Å². The number of nitrogens with zero attached hydrogens (tertiary/aromatic N) is 2. The van der Waals surface area contributed by atoms with E-state index in [1.54, 1.807) is 13.1 Å². The number of aryl methyl sites for hydroxylation is 2. The van der Waals surface area contributed by atoms with Crippen molar-refractivity contribution in [3.63, 3.8) is 0 Å². The molecule has 0 spiro atoms. The van der Waals surface area contributed by atoms with E-state index in [1.165, 1.54) is 4.68 Å². The molecule has 0 N–H and O–H groups in total. The maximum Gasteiger partial charge on any atom is 0.269 e. The standard InChI is InChI=1S/C11H18N2O2.C2H6/c1-6-8-7-9(15-11(2,3)4)12-13(5)10(8)14;1-2/h7H,6H2,1-5H3;1-2H3. The Hall–Kier alpha value is -1.32. The Morgan fingerprint density at radius 2 is 1.88 bits per heavy atom. The van der Waals surface area contributed by atoms with Crippen LogP contribution in [0.4, 0.5) is 0 Å². The predicted molar refractivity (Wildman–Crippen MR) is 70.6 cm³/mol. The number of aromatic nitrogens is 2. The highest BCUT2D eigenvalue weighted by Gasteiger charge is 2.14. The molecule has 0 amide bonds. The van der Waals surface area contributed by atoms with Crippen LogP contribution in [0.5, 0.6) is 5.88 Å². The van der Waals surface area contributed by atoms with Crippen LogP contribution in [-0.2, 0) is 13.5 Å². The van der Waals surface area contributed by atoms with Gasteiger partial charge >= 0.3 is 0 Å². The molecule has 0 aromatic carbocycles. The highest BCUT2D eigenvalue weighted by atomic mass is 16.5. The fourth-order valence-electron chi connectivity index (χ4n) is 1.26. The van der Waals surface area contributed by atoms with Crippen molar-refractivity contribution in [2.45, 2.75) is 53.6 Å². The first-order valence-corrected chi connectivity index (χ1v) is 6.09. The van der Waals surface area contributed by atoms with Crippen LogP contribution in [0.1, 0.15) is 47.1 Å². The molecule has 0 atom stereocenters. The third-order valence-electron chi connectivity index (χ3n) is 1.91. The number of ether oxygens (including phenoxy) is 1. The van der Waals surface area contributed by atoms with Gasteiger partial charge in [-0.1, -0.05) is 20.8 Å². The summed E-state index contributed by atoms with van der Waals surface area (Å²) in [7, 11) is 1.64. The average Bonchev–Trinajstić information content (AvgIpc) is 2.24. The minimum atomic E-state index is -0.296. The zero-order valence-electron chi connectivity index (χ0n) is 12.0. The summed E-state index contributed by atoms with van der Waals surface area (Å²) in [5.41, 5.74) is 0.376. The van der Waals surface area contributed by atoms with Gasteiger partial charge in [0, 0.05) is 18.7 Å². The molecule has 98 valence electrons. The van der Waals surface area contributed by atoms with E-state index in [-0.39, 0.29) is 11.2 Å². The molecular weight excluding hydrogens is 216 g/mol. The molecule has 1 rings (SSSR count). The normalized spacial score (nSPS) is 10.5. The zero-order valence-corrected chi connectivity index (χ0v) is 12.0. The smallest absolute Gasteiger partial charge is 0.269 e. The molecule has 0 saturated carbocycles. The Bertz CT molecular complexity index is 403. The topological polar surface area (TPSA) is 44.1 Å². The summed E-state index contributed by atoms with van der Waals surface area (Å²) in [4.78, 5) is 11.6. The van der Waals surface area contributed by atoms with Crippen LogP contribution in [0, 0.1) is 0 Å². The lowest BCUT2D eigenvalue weighted by molar-refractivity contribution is 0.120. The van der Waals surface area contributed by atoms with Crippen LogP contribution in [0.2, 0.25) is 0 Å². The molecule has 0 aliphatic carbocycles. The maximum atomic E-state index is 11.6. The fraction of sp³-hybridized carbons (Fsp3) is 0.692. The average molecular weight is 240 g/mol. The quantitative estimate of drug-likeness (QED) is 0.798. The summed E-state index contributed by atoms with van der Waals surface area (Å²) in [6.07, 6.45) is 0.690. The van der Waals surface area contributed by atoms with Gasteiger partial charge in [-0.25, -0.2) is 4.68 Å². The summed E-state index contributed by atoms with van der Waals surface area (Å²) >= 11 is 0. The lowest BCUT2D eigenvalue weighted by Crippen LogP contribution is -2.28. The van der Waals surface area contributed by atoms with Gasteiger partial charge in [0.15, 0.2) is 0 Å². The summed E-state index contributed by atoms with van der Waals surface area (Å²) in [6, 6.07) is 1.72. The molecule has 1 aromatic heterocycles. The van der Waals surface area contributed by atoms with E-state index in [1.807, 2.05) is 41.5 Å². The Kier molecular flexibility index (Phi) is 5.93. The minimum absolute atomic E-state index is 0.0567. The molecule has 0 unspecified atom stereocenters. The molecule has 0 fully saturated rings. The molecule has 0 radical (unpaired) electrons. The van der Waals surface area contributed by atoms with E-state index in [2.05, 4.69) is 5.10 Å². The number of hydrogen-bond acceptors (Lipinski definition) is 3. The van der Waals surface area contributed by atoms with Crippen molar-refractivity contribution in [2.75, 3.05) is 0 Å². The van der Waals surface area contributed by atoms with Gasteiger partial charge in [0.1, 0.15) is 5.60 Å². The molecule has 4 nitrogen and oxygen atoms in total. The van der Waals surface area contributed by atoms with Gasteiger partial charge in [0.25, 0.3) is 5.56 Å². The third-order valence-corrected chi connectivity index (χ3v) is 1.91. The summed E-state index contributed by atoms with van der Waals surface area (Å²) < 4.78 is 6.93. The molecule has 0 saturated heterocycles. The van der Waals surface area contributed by atoms with E-state index in [9.17, 15) is 4.79 Å². The van der Waals surface area contributed by atoms with Crippen molar-refractivity contribution in [1.29, 1.82) is 0 Å². The molecule has 17 heavy (non-hydrogen) atoms. The van der Waals surface area contributed by atoms with Crippen LogP contribution in [0.3, 0.4) is 0 Å². The summed E-state index contributed by atoms with van der Waals surface area (Å²) in [5, 5.41) is 4.05. The summed E-state index contributed by atoms with van der Waals surface area (Å²) in [6.45, 7) is 11.8. The monoisotopic (exact) mass is 240 g/mol. The highest BCUT2D eigenvalue weighted by Crippen LogP contribution is 2.14. The zero-order chi connectivity index (χ0) is 13.6. The molecule has 0 aliphatic heterocycles. The molecule has 0 aliphatic rings. The Balaban J connectivity index is 0.00000121. The van der Waals surface area contributed by atoms with Gasteiger partial charge in [-0.2, -0.15) is 0 Å². The van der Waals surface area contributed by atoms with Crippen LogP contribution < -0.4 is 10.3 Å². The van der Waals surface area contributed by atoms with E-state index in [4.69, 9.17) is 4.74 Å². The van der Waals surface area contributed by atoms with Crippen molar-refractivity contribution in [3.05, 3.63) is 22.0 Å². The van der Waals surface area contributed by atoms with E-state index < -0.39 is 0 Å². The number of hydrogen-bond donors (Lipinski definition) is 0. The second kappa shape index (κ2) is 6.42. The van der Waals surface area contributed by atoms with Crippen LogP contribution in [0.25, 0.3) is 0 Å². The van der Waals surface area contributed by atoms with Crippen LogP contribution in [0.15, 0.2) is 10.9 Å². The minimum Gasteiger partial charge on any atom is -0.471 e. The predicted octanol–water partition coefficient (Wildman–Crippen LogP) is 2.55. The molecule has 1 aromatic rings. The van der Waals surface area contributed by atoms with Crippen molar-refractivity contribution in [2.24, 2.45) is 7.05 Å². The van der Waals surface area contributed by atoms with Crippen molar-refractivity contribution in [3.8, 4) is 5.88 Å². The largest absolute Gasteiger partial charge is 0.471 e. The second-order valence-electron chi connectivity index (χ2n) is 4.50. The molecule has 4 heteroatoms. The van der Waals surface area contributed by atoms with Crippen LogP contribution in [-0.4, -0.2) is 15.4 Å².